The Balaban J connectivity index is 1.67. The Morgan fingerprint density at radius 1 is 1.20 bits per heavy atom. The third-order valence-electron chi connectivity index (χ3n) is 4.68. The molecule has 0 spiro atoms. The van der Waals surface area contributed by atoms with Crippen molar-refractivity contribution in [1.82, 2.24) is 9.97 Å². The predicted molar refractivity (Wildman–Crippen MR) is 95.6 cm³/mol. The van der Waals surface area contributed by atoms with Gasteiger partial charge in [0.2, 0.25) is 11.9 Å². The lowest BCUT2D eigenvalue weighted by molar-refractivity contribution is -0.116. The maximum atomic E-state index is 12.2. The lowest BCUT2D eigenvalue weighted by Crippen LogP contribution is -2.38. The van der Waals surface area contributed by atoms with Crippen LogP contribution in [-0.4, -0.2) is 42.2 Å². The van der Waals surface area contributed by atoms with Gasteiger partial charge in [0.1, 0.15) is 11.6 Å². The molecule has 130 valence electrons. The van der Waals surface area contributed by atoms with Gasteiger partial charge in [-0.15, -0.1) is 0 Å². The molecule has 1 atom stereocenters. The summed E-state index contributed by atoms with van der Waals surface area (Å²) in [6.07, 6.45) is 1.14. The average Bonchev–Trinajstić information content (AvgIpc) is 2.62. The van der Waals surface area contributed by atoms with Crippen LogP contribution in [0, 0.1) is 0 Å². The molecule has 4 rings (SSSR count). The second-order valence-corrected chi connectivity index (χ2v) is 6.41. The largest absolute Gasteiger partial charge is 0.383 e. The summed E-state index contributed by atoms with van der Waals surface area (Å²) in [4.78, 5) is 23.3. The molecule has 1 unspecified atom stereocenters. The number of nitrogens with two attached hydrogens (primary N) is 1. The van der Waals surface area contributed by atoms with Gasteiger partial charge in [-0.3, -0.25) is 4.79 Å². The molecule has 1 amide bonds. The van der Waals surface area contributed by atoms with Crippen LogP contribution in [0.1, 0.15) is 23.5 Å². The Labute approximate surface area is 146 Å². The number of morpholine rings is 1. The van der Waals surface area contributed by atoms with Crippen LogP contribution >= 0.6 is 0 Å². The minimum absolute atomic E-state index is 0.00936. The quantitative estimate of drug-likeness (QED) is 0.881. The third kappa shape index (κ3) is 3.28. The molecule has 3 N–H and O–H groups in total. The van der Waals surface area contributed by atoms with E-state index < -0.39 is 0 Å². The van der Waals surface area contributed by atoms with Gasteiger partial charge in [0.05, 0.1) is 13.2 Å². The first kappa shape index (κ1) is 15.8. The maximum absolute atomic E-state index is 12.2. The average molecular weight is 339 g/mol. The normalized spacial score (nSPS) is 20.1. The highest BCUT2D eigenvalue weighted by Gasteiger charge is 2.30. The van der Waals surface area contributed by atoms with Crippen LogP contribution in [0.15, 0.2) is 30.3 Å². The Morgan fingerprint density at radius 2 is 1.96 bits per heavy atom. The molecular weight excluding hydrogens is 318 g/mol. The van der Waals surface area contributed by atoms with Crippen molar-refractivity contribution in [2.24, 2.45) is 0 Å². The van der Waals surface area contributed by atoms with Gasteiger partial charge in [-0.05, 0) is 12.0 Å². The van der Waals surface area contributed by atoms with E-state index in [-0.39, 0.29) is 11.8 Å². The molecule has 1 fully saturated rings. The molecule has 1 aromatic heterocycles. The van der Waals surface area contributed by atoms with E-state index in [9.17, 15) is 4.79 Å². The second kappa shape index (κ2) is 6.68. The number of nitrogens with one attached hydrogen (secondary N) is 1. The van der Waals surface area contributed by atoms with E-state index in [1.54, 1.807) is 0 Å². The molecule has 1 saturated heterocycles. The number of rotatable bonds is 3. The number of carbonyl (C=O) groups excluding carboxylic acids is 1. The monoisotopic (exact) mass is 339 g/mol. The van der Waals surface area contributed by atoms with Crippen LogP contribution < -0.4 is 16.0 Å². The highest BCUT2D eigenvalue weighted by atomic mass is 16.5. The standard InChI is InChI=1S/C18H21N5O2/c19-16-15-13(10-12-4-2-1-3-5-12)11-14(24)20-17(15)22-18(21-16)23-6-8-25-9-7-23/h1-5,13H,6-11H2,(H3,19,20,21,22,24). The number of anilines is 3. The Morgan fingerprint density at radius 3 is 2.72 bits per heavy atom. The number of ether oxygens (including phenoxy) is 1. The van der Waals surface area contributed by atoms with Crippen molar-refractivity contribution >= 4 is 23.5 Å². The van der Waals surface area contributed by atoms with Gasteiger partial charge in [0.25, 0.3) is 0 Å². The smallest absolute Gasteiger partial charge is 0.229 e. The fourth-order valence-corrected chi connectivity index (χ4v) is 3.46. The topological polar surface area (TPSA) is 93.4 Å². The first-order valence-electron chi connectivity index (χ1n) is 8.54. The predicted octanol–water partition coefficient (Wildman–Crippen LogP) is 1.56. The number of carbonyl (C=O) groups is 1. The number of benzene rings is 1. The van der Waals surface area contributed by atoms with E-state index in [1.807, 2.05) is 23.1 Å². The van der Waals surface area contributed by atoms with E-state index in [1.165, 1.54) is 5.56 Å². The molecule has 7 heteroatoms. The number of amides is 1. The highest BCUT2D eigenvalue weighted by Crippen LogP contribution is 2.37. The van der Waals surface area contributed by atoms with Gasteiger partial charge in [-0.1, -0.05) is 30.3 Å². The summed E-state index contributed by atoms with van der Waals surface area (Å²) in [5, 5.41) is 2.87. The van der Waals surface area contributed by atoms with Crippen molar-refractivity contribution < 1.29 is 9.53 Å². The van der Waals surface area contributed by atoms with Crippen LogP contribution in [0.3, 0.4) is 0 Å². The molecule has 7 nitrogen and oxygen atoms in total. The first-order valence-corrected chi connectivity index (χ1v) is 8.54. The zero-order chi connectivity index (χ0) is 17.2. The molecule has 0 bridgehead atoms. The summed E-state index contributed by atoms with van der Waals surface area (Å²) >= 11 is 0. The number of hydrogen-bond acceptors (Lipinski definition) is 6. The molecule has 3 heterocycles. The van der Waals surface area contributed by atoms with Gasteiger partial charge in [-0.25, -0.2) is 0 Å². The van der Waals surface area contributed by atoms with Gasteiger partial charge in [0.15, 0.2) is 0 Å². The van der Waals surface area contributed by atoms with Crippen molar-refractivity contribution in [2.45, 2.75) is 18.8 Å². The Bertz CT molecular complexity index is 775. The maximum Gasteiger partial charge on any atom is 0.229 e. The number of hydrogen-bond donors (Lipinski definition) is 2. The molecule has 2 aliphatic rings. The van der Waals surface area contributed by atoms with Gasteiger partial charge in [0, 0.05) is 31.0 Å². The van der Waals surface area contributed by atoms with Crippen LogP contribution in [-0.2, 0) is 16.0 Å². The molecule has 2 aliphatic heterocycles. The van der Waals surface area contributed by atoms with Crippen molar-refractivity contribution in [3.8, 4) is 0 Å². The summed E-state index contributed by atoms with van der Waals surface area (Å²) in [5.74, 6) is 1.52. The molecular formula is C18H21N5O2. The van der Waals surface area contributed by atoms with Crippen LogP contribution in [0.4, 0.5) is 17.6 Å². The summed E-state index contributed by atoms with van der Waals surface area (Å²) in [7, 11) is 0. The zero-order valence-corrected chi connectivity index (χ0v) is 13.9. The number of aromatic nitrogens is 2. The number of nitrogens with zero attached hydrogens (tertiary/aromatic N) is 3. The summed E-state index contributed by atoms with van der Waals surface area (Å²) in [5.41, 5.74) is 8.30. The zero-order valence-electron chi connectivity index (χ0n) is 13.9. The van der Waals surface area contributed by atoms with Crippen molar-refractivity contribution in [1.29, 1.82) is 0 Å². The van der Waals surface area contributed by atoms with E-state index in [0.29, 0.717) is 37.2 Å². The second-order valence-electron chi connectivity index (χ2n) is 6.41. The van der Waals surface area contributed by atoms with Crippen molar-refractivity contribution in [3.63, 3.8) is 0 Å². The SMILES string of the molecule is Nc1nc(N2CCOCC2)nc2c1C(Cc1ccccc1)CC(=O)N2. The summed E-state index contributed by atoms with van der Waals surface area (Å²) in [6.45, 7) is 2.73. The Hall–Kier alpha value is -2.67. The fraction of sp³-hybridized carbons (Fsp3) is 0.389. The van der Waals surface area contributed by atoms with Crippen LogP contribution in [0.2, 0.25) is 0 Å². The van der Waals surface area contributed by atoms with E-state index in [0.717, 1.165) is 25.1 Å². The number of nitrogen functional groups attached to an aromatic ring is 1. The minimum Gasteiger partial charge on any atom is -0.383 e. The molecule has 2 aromatic rings. The van der Waals surface area contributed by atoms with Crippen molar-refractivity contribution in [2.75, 3.05) is 42.3 Å². The van der Waals surface area contributed by atoms with E-state index in [2.05, 4.69) is 27.4 Å². The van der Waals surface area contributed by atoms with Crippen LogP contribution in [0.5, 0.6) is 0 Å². The minimum atomic E-state index is -0.0283. The molecule has 0 radical (unpaired) electrons. The third-order valence-corrected chi connectivity index (χ3v) is 4.68. The summed E-state index contributed by atoms with van der Waals surface area (Å²) in [6, 6.07) is 10.1. The molecule has 25 heavy (non-hydrogen) atoms. The highest BCUT2D eigenvalue weighted by molar-refractivity contribution is 5.94. The first-order chi connectivity index (χ1) is 12.2. The van der Waals surface area contributed by atoms with Gasteiger partial charge in [-0.2, -0.15) is 9.97 Å². The van der Waals surface area contributed by atoms with E-state index in [4.69, 9.17) is 10.5 Å². The van der Waals surface area contributed by atoms with Crippen LogP contribution in [0.25, 0.3) is 0 Å². The van der Waals surface area contributed by atoms with Gasteiger partial charge < -0.3 is 20.7 Å². The molecule has 0 saturated carbocycles. The lowest BCUT2D eigenvalue weighted by atomic mass is 9.87. The van der Waals surface area contributed by atoms with Crippen molar-refractivity contribution in [3.05, 3.63) is 41.5 Å². The lowest BCUT2D eigenvalue weighted by Gasteiger charge is -2.30. The summed E-state index contributed by atoms with van der Waals surface area (Å²) < 4.78 is 5.37. The molecule has 0 aliphatic carbocycles. The molecule has 1 aromatic carbocycles. The van der Waals surface area contributed by atoms with Gasteiger partial charge >= 0.3 is 0 Å². The Kier molecular flexibility index (Phi) is 4.23. The number of fused-ring (bicyclic) bond motifs is 1. The fourth-order valence-electron chi connectivity index (χ4n) is 3.46. The van der Waals surface area contributed by atoms with E-state index >= 15 is 0 Å².